The largest absolute Gasteiger partial charge is 0.355 e. The van der Waals surface area contributed by atoms with Crippen molar-refractivity contribution in [3.8, 4) is 0 Å². The molecule has 3 unspecified atom stereocenters. The second-order valence-electron chi connectivity index (χ2n) is 6.83. The highest BCUT2D eigenvalue weighted by Crippen LogP contribution is 2.33. The third-order valence-corrected chi connectivity index (χ3v) is 4.38. The fourth-order valence-corrected chi connectivity index (χ4v) is 3.08. The van der Waals surface area contributed by atoms with Crippen LogP contribution in [0.4, 0.5) is 0 Å². The third-order valence-electron chi connectivity index (χ3n) is 4.38. The van der Waals surface area contributed by atoms with E-state index < -0.39 is 0 Å². The predicted molar refractivity (Wildman–Crippen MR) is 81.0 cm³/mol. The summed E-state index contributed by atoms with van der Waals surface area (Å²) in [7, 11) is 0. The smallest absolute Gasteiger partial charge is 0.222 e. The Bertz CT molecular complexity index is 276. The van der Waals surface area contributed by atoms with E-state index in [1.807, 2.05) is 13.8 Å². The van der Waals surface area contributed by atoms with Crippen molar-refractivity contribution >= 4 is 5.91 Å². The second-order valence-corrected chi connectivity index (χ2v) is 6.83. The Hall–Kier alpha value is -0.570. The lowest BCUT2D eigenvalue weighted by Gasteiger charge is -2.38. The van der Waals surface area contributed by atoms with Crippen LogP contribution >= 0.6 is 0 Å². The normalized spacial score (nSPS) is 27.8. The molecule has 0 aliphatic heterocycles. The van der Waals surface area contributed by atoms with E-state index in [2.05, 4.69) is 31.4 Å². The van der Waals surface area contributed by atoms with Crippen LogP contribution < -0.4 is 10.6 Å². The highest BCUT2D eigenvalue weighted by molar-refractivity contribution is 5.77. The summed E-state index contributed by atoms with van der Waals surface area (Å²) in [6.07, 6.45) is 3.99. The molecule has 2 N–H and O–H groups in total. The molecule has 0 aromatic carbocycles. The number of carbonyl (C=O) groups is 1. The third kappa shape index (κ3) is 5.52. The molecule has 0 saturated heterocycles. The van der Waals surface area contributed by atoms with E-state index >= 15 is 0 Å². The van der Waals surface area contributed by atoms with Crippen LogP contribution in [0.25, 0.3) is 0 Å². The molecule has 0 bridgehead atoms. The fraction of sp³-hybridized carbons (Fsp3) is 0.938. The maximum atomic E-state index is 11.5. The molecule has 1 saturated carbocycles. The van der Waals surface area contributed by atoms with Crippen LogP contribution in [0.3, 0.4) is 0 Å². The van der Waals surface area contributed by atoms with Gasteiger partial charge in [0.2, 0.25) is 5.91 Å². The van der Waals surface area contributed by atoms with Gasteiger partial charge in [-0.2, -0.15) is 0 Å². The maximum absolute atomic E-state index is 11.5. The van der Waals surface area contributed by atoms with Gasteiger partial charge in [0.1, 0.15) is 0 Å². The first kappa shape index (κ1) is 16.5. The molecular formula is C16H32N2O. The molecule has 0 radical (unpaired) electrons. The van der Waals surface area contributed by atoms with Gasteiger partial charge in [0.15, 0.2) is 0 Å². The van der Waals surface area contributed by atoms with Crippen LogP contribution in [0.5, 0.6) is 0 Å². The van der Waals surface area contributed by atoms with Crippen LogP contribution in [0.2, 0.25) is 0 Å². The molecule has 1 rings (SSSR count). The Kier molecular flexibility index (Phi) is 6.84. The van der Waals surface area contributed by atoms with E-state index in [1.165, 1.54) is 19.3 Å². The summed E-state index contributed by atoms with van der Waals surface area (Å²) in [6, 6.07) is 0.625. The molecule has 3 atom stereocenters. The zero-order valence-electron chi connectivity index (χ0n) is 13.3. The highest BCUT2D eigenvalue weighted by atomic mass is 16.1. The van der Waals surface area contributed by atoms with E-state index in [-0.39, 0.29) is 11.8 Å². The Morgan fingerprint density at radius 1 is 1.16 bits per heavy atom. The van der Waals surface area contributed by atoms with Crippen LogP contribution in [-0.2, 0) is 4.79 Å². The molecule has 1 amide bonds. The maximum Gasteiger partial charge on any atom is 0.222 e. The van der Waals surface area contributed by atoms with Gasteiger partial charge in [-0.3, -0.25) is 4.79 Å². The molecule has 1 fully saturated rings. The van der Waals surface area contributed by atoms with Gasteiger partial charge in [-0.05, 0) is 30.6 Å². The zero-order chi connectivity index (χ0) is 14.4. The van der Waals surface area contributed by atoms with Crippen molar-refractivity contribution in [1.82, 2.24) is 10.6 Å². The van der Waals surface area contributed by atoms with Crippen molar-refractivity contribution in [2.24, 2.45) is 23.7 Å². The Balaban J connectivity index is 2.30. The van der Waals surface area contributed by atoms with E-state index in [0.717, 1.165) is 30.8 Å². The average molecular weight is 268 g/mol. The van der Waals surface area contributed by atoms with Crippen molar-refractivity contribution in [2.45, 2.75) is 59.9 Å². The van der Waals surface area contributed by atoms with Crippen LogP contribution in [0.15, 0.2) is 0 Å². The van der Waals surface area contributed by atoms with E-state index in [4.69, 9.17) is 0 Å². The molecular weight excluding hydrogens is 236 g/mol. The molecule has 0 aromatic rings. The molecule has 3 nitrogen and oxygen atoms in total. The second kappa shape index (κ2) is 7.88. The molecule has 0 heterocycles. The predicted octanol–water partition coefficient (Wildman–Crippen LogP) is 2.81. The number of amides is 1. The van der Waals surface area contributed by atoms with Crippen molar-refractivity contribution in [1.29, 1.82) is 0 Å². The lowest BCUT2D eigenvalue weighted by molar-refractivity contribution is -0.123. The standard InChI is InChI=1S/C16H32N2O/c1-11(2)14-7-6-13(5)10-15(14)17-8-9-18-16(19)12(3)4/h11-15,17H,6-10H2,1-5H3,(H,18,19). The Morgan fingerprint density at radius 3 is 2.42 bits per heavy atom. The topological polar surface area (TPSA) is 41.1 Å². The highest BCUT2D eigenvalue weighted by Gasteiger charge is 2.29. The molecule has 3 heteroatoms. The van der Waals surface area contributed by atoms with Crippen LogP contribution in [-0.4, -0.2) is 25.0 Å². The monoisotopic (exact) mass is 268 g/mol. The summed E-state index contributed by atoms with van der Waals surface area (Å²) in [6.45, 7) is 12.5. The summed E-state index contributed by atoms with van der Waals surface area (Å²) < 4.78 is 0. The minimum Gasteiger partial charge on any atom is -0.355 e. The summed E-state index contributed by atoms with van der Waals surface area (Å²) in [5.74, 6) is 2.60. The minimum atomic E-state index is 0.0816. The SMILES string of the molecule is CC1CCC(C(C)C)C(NCCNC(=O)C(C)C)C1. The minimum absolute atomic E-state index is 0.0816. The molecule has 0 aromatic heterocycles. The first-order valence-corrected chi connectivity index (χ1v) is 7.92. The number of carbonyl (C=O) groups excluding carboxylic acids is 1. The van der Waals surface area contributed by atoms with Crippen molar-refractivity contribution in [3.63, 3.8) is 0 Å². The van der Waals surface area contributed by atoms with E-state index in [9.17, 15) is 4.79 Å². The van der Waals surface area contributed by atoms with Gasteiger partial charge in [0.05, 0.1) is 0 Å². The van der Waals surface area contributed by atoms with Gasteiger partial charge < -0.3 is 10.6 Å². The zero-order valence-corrected chi connectivity index (χ0v) is 13.3. The van der Waals surface area contributed by atoms with Gasteiger partial charge >= 0.3 is 0 Å². The first-order chi connectivity index (χ1) is 8.91. The molecule has 1 aliphatic rings. The van der Waals surface area contributed by atoms with E-state index in [1.54, 1.807) is 0 Å². The summed E-state index contributed by atoms with van der Waals surface area (Å²) >= 11 is 0. The van der Waals surface area contributed by atoms with Gasteiger partial charge in [0, 0.05) is 25.0 Å². The Labute approximate surface area is 118 Å². The fourth-order valence-electron chi connectivity index (χ4n) is 3.08. The van der Waals surface area contributed by atoms with Crippen molar-refractivity contribution < 1.29 is 4.79 Å². The van der Waals surface area contributed by atoms with Crippen molar-refractivity contribution in [3.05, 3.63) is 0 Å². The van der Waals surface area contributed by atoms with Crippen LogP contribution in [0, 0.1) is 23.7 Å². The summed E-state index contributed by atoms with van der Waals surface area (Å²) in [5.41, 5.74) is 0. The van der Waals surface area contributed by atoms with Crippen molar-refractivity contribution in [2.75, 3.05) is 13.1 Å². The average Bonchev–Trinajstić information content (AvgIpc) is 2.33. The Morgan fingerprint density at radius 2 is 1.84 bits per heavy atom. The van der Waals surface area contributed by atoms with Gasteiger partial charge in [0.25, 0.3) is 0 Å². The lowest BCUT2D eigenvalue weighted by Crippen LogP contribution is -2.45. The number of hydrogen-bond acceptors (Lipinski definition) is 2. The van der Waals surface area contributed by atoms with Crippen LogP contribution in [0.1, 0.15) is 53.9 Å². The number of hydrogen-bond donors (Lipinski definition) is 2. The lowest BCUT2D eigenvalue weighted by atomic mass is 9.74. The van der Waals surface area contributed by atoms with Gasteiger partial charge in [-0.1, -0.05) is 41.0 Å². The first-order valence-electron chi connectivity index (χ1n) is 7.92. The summed E-state index contributed by atoms with van der Waals surface area (Å²) in [4.78, 5) is 11.5. The molecule has 1 aliphatic carbocycles. The molecule has 112 valence electrons. The van der Waals surface area contributed by atoms with Gasteiger partial charge in [-0.25, -0.2) is 0 Å². The van der Waals surface area contributed by atoms with E-state index in [0.29, 0.717) is 6.04 Å². The van der Waals surface area contributed by atoms with Gasteiger partial charge in [-0.15, -0.1) is 0 Å². The molecule has 0 spiro atoms. The summed E-state index contributed by atoms with van der Waals surface area (Å²) in [5, 5.41) is 6.64. The quantitative estimate of drug-likeness (QED) is 0.727. The number of nitrogens with one attached hydrogen (secondary N) is 2. The number of rotatable bonds is 6. The molecule has 19 heavy (non-hydrogen) atoms.